The van der Waals surface area contributed by atoms with Crippen LogP contribution in [0.1, 0.15) is 47.0 Å². The number of Topliss-reactive ketones (excluding diaryl/α,β-unsaturated/α-hetero) is 1. The number of amides is 1. The maximum atomic E-state index is 13.1. The number of likely N-dealkylation sites (tertiary alicyclic amines) is 1. The maximum Gasteiger partial charge on any atom is 0.296 e. The highest BCUT2D eigenvalue weighted by molar-refractivity contribution is 6.46. The second-order valence-electron chi connectivity index (χ2n) is 8.19. The minimum absolute atomic E-state index is 0.0698. The third-order valence-electron chi connectivity index (χ3n) is 6.19. The summed E-state index contributed by atoms with van der Waals surface area (Å²) in [5.41, 5.74) is 4.29. The molecular formula is C26H23N3O3. The molecule has 3 aromatic rings. The van der Waals surface area contributed by atoms with Crippen LogP contribution in [0.4, 0.5) is 0 Å². The lowest BCUT2D eigenvalue weighted by Crippen LogP contribution is -2.29. The minimum Gasteiger partial charge on any atom is -0.507 e. The van der Waals surface area contributed by atoms with Crippen molar-refractivity contribution < 1.29 is 14.7 Å². The first-order valence-electron chi connectivity index (χ1n) is 10.8. The van der Waals surface area contributed by atoms with Crippen LogP contribution in [0.25, 0.3) is 5.76 Å². The van der Waals surface area contributed by atoms with Gasteiger partial charge >= 0.3 is 0 Å². The predicted molar refractivity (Wildman–Crippen MR) is 119 cm³/mol. The number of nitrogens with zero attached hydrogens (tertiary/aromatic N) is 3. The van der Waals surface area contributed by atoms with Gasteiger partial charge in [-0.1, -0.05) is 24.3 Å². The van der Waals surface area contributed by atoms with Gasteiger partial charge < -0.3 is 10.0 Å². The number of hydrogen-bond donors (Lipinski definition) is 1. The van der Waals surface area contributed by atoms with E-state index in [1.54, 1.807) is 36.7 Å². The lowest BCUT2D eigenvalue weighted by molar-refractivity contribution is -0.140. The lowest BCUT2D eigenvalue weighted by Gasteiger charge is -2.24. The highest BCUT2D eigenvalue weighted by Gasteiger charge is 2.46. The van der Waals surface area contributed by atoms with Gasteiger partial charge in [0.2, 0.25) is 0 Å². The molecule has 0 radical (unpaired) electrons. The van der Waals surface area contributed by atoms with E-state index >= 15 is 0 Å². The fraction of sp³-hybridized carbons (Fsp3) is 0.231. The van der Waals surface area contributed by atoms with Crippen LogP contribution in [0.15, 0.2) is 72.6 Å². The van der Waals surface area contributed by atoms with Crippen LogP contribution in [0.5, 0.6) is 0 Å². The molecule has 160 valence electrons. The van der Waals surface area contributed by atoms with Crippen LogP contribution in [0.3, 0.4) is 0 Å². The molecule has 1 aliphatic carbocycles. The van der Waals surface area contributed by atoms with Crippen LogP contribution < -0.4 is 0 Å². The number of carbonyl (C=O) groups is 2. The third kappa shape index (κ3) is 3.58. The van der Waals surface area contributed by atoms with Gasteiger partial charge in [0.25, 0.3) is 11.7 Å². The first kappa shape index (κ1) is 20.1. The number of aliphatic hydroxyl groups excluding tert-OH is 1. The molecule has 6 nitrogen and oxygen atoms in total. The lowest BCUT2D eigenvalue weighted by atomic mass is 9.89. The van der Waals surface area contributed by atoms with Crippen molar-refractivity contribution in [3.63, 3.8) is 0 Å². The molecule has 1 N–H and O–H groups in total. The maximum absolute atomic E-state index is 13.1. The Morgan fingerprint density at radius 1 is 0.938 bits per heavy atom. The van der Waals surface area contributed by atoms with E-state index in [1.807, 2.05) is 30.3 Å². The van der Waals surface area contributed by atoms with E-state index < -0.39 is 17.7 Å². The molecule has 3 heterocycles. The number of fused-ring (bicyclic) bond motifs is 1. The molecule has 1 atom stereocenters. The number of aryl methyl sites for hydroxylation is 2. The fourth-order valence-electron chi connectivity index (χ4n) is 4.59. The van der Waals surface area contributed by atoms with E-state index in [-0.39, 0.29) is 17.9 Å². The van der Waals surface area contributed by atoms with Gasteiger partial charge in [0.1, 0.15) is 11.8 Å². The van der Waals surface area contributed by atoms with Gasteiger partial charge in [-0.3, -0.25) is 19.6 Å². The number of aliphatic hydroxyl groups is 1. The van der Waals surface area contributed by atoms with E-state index in [1.165, 1.54) is 16.0 Å². The summed E-state index contributed by atoms with van der Waals surface area (Å²) < 4.78 is 0. The summed E-state index contributed by atoms with van der Waals surface area (Å²) in [6.07, 6.45) is 7.52. The number of rotatable bonds is 4. The van der Waals surface area contributed by atoms with E-state index in [9.17, 15) is 14.7 Å². The zero-order valence-electron chi connectivity index (χ0n) is 17.6. The number of benzene rings is 1. The molecule has 1 aliphatic heterocycles. The predicted octanol–water partition coefficient (Wildman–Crippen LogP) is 3.98. The van der Waals surface area contributed by atoms with Crippen molar-refractivity contribution >= 4 is 17.4 Å². The van der Waals surface area contributed by atoms with Gasteiger partial charge in [-0.25, -0.2) is 0 Å². The number of pyridine rings is 2. The monoisotopic (exact) mass is 425 g/mol. The summed E-state index contributed by atoms with van der Waals surface area (Å²) in [6, 6.07) is 15.8. The molecule has 0 bridgehead atoms. The Bertz CT molecular complexity index is 1210. The third-order valence-corrected chi connectivity index (χ3v) is 6.19. The molecule has 6 heteroatoms. The largest absolute Gasteiger partial charge is 0.507 e. The summed E-state index contributed by atoms with van der Waals surface area (Å²) in [6.45, 7) is 0.146. The molecule has 2 aromatic heterocycles. The molecule has 2 aliphatic rings. The summed E-state index contributed by atoms with van der Waals surface area (Å²) in [4.78, 5) is 36.3. The summed E-state index contributed by atoms with van der Waals surface area (Å²) in [5.74, 6) is -1.52. The molecule has 5 rings (SSSR count). The Hall–Kier alpha value is -3.80. The van der Waals surface area contributed by atoms with Crippen molar-refractivity contribution in [3.8, 4) is 0 Å². The van der Waals surface area contributed by atoms with Gasteiger partial charge in [0.15, 0.2) is 0 Å². The Kier molecular flexibility index (Phi) is 5.27. The topological polar surface area (TPSA) is 83.4 Å². The van der Waals surface area contributed by atoms with Crippen molar-refractivity contribution in [1.29, 1.82) is 0 Å². The molecular weight excluding hydrogens is 402 g/mol. The fourth-order valence-corrected chi connectivity index (χ4v) is 4.59. The molecule has 0 saturated carbocycles. The van der Waals surface area contributed by atoms with Crippen molar-refractivity contribution in [2.24, 2.45) is 0 Å². The highest BCUT2D eigenvalue weighted by atomic mass is 16.3. The van der Waals surface area contributed by atoms with Gasteiger partial charge in [-0.15, -0.1) is 0 Å². The zero-order valence-corrected chi connectivity index (χ0v) is 17.6. The molecule has 1 saturated heterocycles. The molecule has 1 unspecified atom stereocenters. The highest BCUT2D eigenvalue weighted by Crippen LogP contribution is 2.39. The quantitative estimate of drug-likeness (QED) is 0.388. The molecule has 1 aromatic carbocycles. The van der Waals surface area contributed by atoms with Crippen LogP contribution in [-0.2, 0) is 29.0 Å². The normalized spacial score (nSPS) is 19.8. The molecule has 1 fully saturated rings. The average molecular weight is 425 g/mol. The Morgan fingerprint density at radius 2 is 1.69 bits per heavy atom. The van der Waals surface area contributed by atoms with Crippen molar-refractivity contribution in [2.75, 3.05) is 0 Å². The molecule has 1 amide bonds. The van der Waals surface area contributed by atoms with Crippen LogP contribution in [-0.4, -0.2) is 31.7 Å². The second kappa shape index (κ2) is 8.38. The van der Waals surface area contributed by atoms with E-state index in [2.05, 4.69) is 9.97 Å². The first-order valence-corrected chi connectivity index (χ1v) is 10.8. The Labute approximate surface area is 186 Å². The SMILES string of the molecule is O=C1C(=O)N(Cc2ccccn2)C(c2ccccn2)/C1=C(/O)c1ccc2c(c1)CCCC2. The minimum atomic E-state index is -0.783. The number of ketones is 1. The van der Waals surface area contributed by atoms with Crippen molar-refractivity contribution in [3.05, 3.63) is 101 Å². The first-order chi connectivity index (χ1) is 15.6. The van der Waals surface area contributed by atoms with Crippen LogP contribution in [0.2, 0.25) is 0 Å². The summed E-state index contributed by atoms with van der Waals surface area (Å²) in [5, 5.41) is 11.3. The standard InChI is InChI=1S/C26H23N3O3/c30-24(19-12-11-17-7-1-2-8-18(17)15-19)22-23(21-10-4-6-14-28-21)29(26(32)25(22)31)16-20-9-3-5-13-27-20/h3-6,9-15,23,30H,1-2,7-8,16H2/b24-22-. The van der Waals surface area contributed by atoms with E-state index in [4.69, 9.17) is 0 Å². The second-order valence-corrected chi connectivity index (χ2v) is 8.19. The number of carbonyl (C=O) groups excluding carboxylic acids is 2. The van der Waals surface area contributed by atoms with E-state index in [0.717, 1.165) is 25.7 Å². The Balaban J connectivity index is 1.62. The summed E-state index contributed by atoms with van der Waals surface area (Å²) in [7, 11) is 0. The van der Waals surface area contributed by atoms with Gasteiger partial charge in [0, 0.05) is 18.0 Å². The van der Waals surface area contributed by atoms with Gasteiger partial charge in [-0.2, -0.15) is 0 Å². The molecule has 0 spiro atoms. The number of hydrogen-bond acceptors (Lipinski definition) is 5. The van der Waals surface area contributed by atoms with Gasteiger partial charge in [0.05, 0.1) is 23.5 Å². The van der Waals surface area contributed by atoms with E-state index in [0.29, 0.717) is 17.0 Å². The van der Waals surface area contributed by atoms with Gasteiger partial charge in [-0.05, 0) is 67.1 Å². The average Bonchev–Trinajstić information content (AvgIpc) is 3.09. The zero-order chi connectivity index (χ0) is 22.1. The van der Waals surface area contributed by atoms with Crippen LogP contribution in [0, 0.1) is 0 Å². The smallest absolute Gasteiger partial charge is 0.296 e. The Morgan fingerprint density at radius 3 is 2.41 bits per heavy atom. The molecule has 32 heavy (non-hydrogen) atoms. The summed E-state index contributed by atoms with van der Waals surface area (Å²) >= 11 is 0. The van der Waals surface area contributed by atoms with Crippen LogP contribution >= 0.6 is 0 Å². The number of aromatic nitrogens is 2. The van der Waals surface area contributed by atoms with Crippen molar-refractivity contribution in [2.45, 2.75) is 38.3 Å². The van der Waals surface area contributed by atoms with Crippen molar-refractivity contribution in [1.82, 2.24) is 14.9 Å².